The van der Waals surface area contributed by atoms with Crippen molar-refractivity contribution in [1.29, 1.82) is 0 Å². The Morgan fingerprint density at radius 2 is 0.932 bits per heavy atom. The number of hydrazine groups is 2. The van der Waals surface area contributed by atoms with Gasteiger partial charge in [-0.25, -0.2) is 20.0 Å². The molecule has 0 radical (unpaired) electrons. The molecule has 0 aromatic heterocycles. The molecule has 2 fully saturated rings. The molecule has 4 aliphatic heterocycles. The Kier molecular flexibility index (Phi) is 8.19. The first-order valence-corrected chi connectivity index (χ1v) is 15.0. The highest BCUT2D eigenvalue weighted by Gasteiger charge is 2.52. The average molecular weight is 601 g/mol. The molecule has 2 aromatic rings. The van der Waals surface area contributed by atoms with Crippen molar-refractivity contribution in [3.05, 3.63) is 47.5 Å². The van der Waals surface area contributed by atoms with E-state index >= 15 is 0 Å². The number of amides is 4. The minimum Gasteiger partial charge on any atom is -0.347 e. The van der Waals surface area contributed by atoms with Crippen molar-refractivity contribution in [3.8, 4) is 0 Å². The second-order valence-corrected chi connectivity index (χ2v) is 11.9. The Bertz CT molecular complexity index is 1480. The smallest absolute Gasteiger partial charge is 0.261 e. The topological polar surface area (TPSA) is 112 Å². The van der Waals surface area contributed by atoms with Crippen LogP contribution in [0.5, 0.6) is 0 Å². The Labute approximate surface area is 258 Å². The van der Waals surface area contributed by atoms with Crippen LogP contribution in [0.25, 0.3) is 0 Å². The molecule has 44 heavy (non-hydrogen) atoms. The number of benzene rings is 2. The van der Waals surface area contributed by atoms with E-state index in [0.717, 1.165) is 24.0 Å². The minimum atomic E-state index is -0.610. The van der Waals surface area contributed by atoms with Crippen molar-refractivity contribution in [2.75, 3.05) is 38.2 Å². The number of rotatable bonds is 4. The van der Waals surface area contributed by atoms with E-state index in [2.05, 4.69) is 9.98 Å². The molecule has 2 aromatic carbocycles. The van der Waals surface area contributed by atoms with Gasteiger partial charge < -0.3 is 9.80 Å². The van der Waals surface area contributed by atoms with Crippen LogP contribution in [-0.2, 0) is 19.2 Å². The van der Waals surface area contributed by atoms with Crippen LogP contribution < -0.4 is 10.0 Å². The zero-order valence-corrected chi connectivity index (χ0v) is 26.7. The monoisotopic (exact) mass is 600 g/mol. The molecule has 2 atom stereocenters. The molecular formula is C32H40N8O4. The highest BCUT2D eigenvalue weighted by atomic mass is 16.2. The number of aliphatic imine (C=N–C) groups is 2. The predicted molar refractivity (Wildman–Crippen MR) is 169 cm³/mol. The highest BCUT2D eigenvalue weighted by Crippen LogP contribution is 2.42. The van der Waals surface area contributed by atoms with Crippen molar-refractivity contribution in [1.82, 2.24) is 19.8 Å². The molecule has 0 N–H and O–H groups in total. The number of nitrogens with zero attached hydrogens (tertiary/aromatic N) is 8. The van der Waals surface area contributed by atoms with Gasteiger partial charge in [0, 0.05) is 28.2 Å². The van der Waals surface area contributed by atoms with E-state index in [1.54, 1.807) is 9.80 Å². The van der Waals surface area contributed by atoms with Gasteiger partial charge in [-0.15, -0.1) is 0 Å². The SMILES string of the molecule is CCCC1C(=O)N2C(N(C)C)=Nc3ccc(C)cc3N2C1=O.CCCC1C(=O)N2C(N(C)C)=Nc3ccc(C)cc3N2C1=O. The van der Waals surface area contributed by atoms with Crippen LogP contribution in [0.3, 0.4) is 0 Å². The van der Waals surface area contributed by atoms with Gasteiger partial charge in [-0.1, -0.05) is 38.8 Å². The van der Waals surface area contributed by atoms with E-state index in [4.69, 9.17) is 0 Å². The third kappa shape index (κ3) is 4.97. The number of aryl methyl sites for hydroxylation is 2. The summed E-state index contributed by atoms with van der Waals surface area (Å²) >= 11 is 0. The molecule has 4 heterocycles. The standard InChI is InChI=1S/2C16H20N4O2/c2*1-5-6-11-14(21)19-13-9-10(2)7-8-12(13)17-16(18(3)4)20(19)15(11)22/h2*7-9,11H,5-6H2,1-4H3. The number of fused-ring (bicyclic) bond motifs is 6. The number of carbonyl (C=O) groups excluding carboxylic acids is 4. The molecule has 2 unspecified atom stereocenters. The maximum Gasteiger partial charge on any atom is 0.261 e. The fraction of sp³-hybridized carbons (Fsp3) is 0.438. The molecule has 4 amide bonds. The predicted octanol–water partition coefficient (Wildman–Crippen LogP) is 4.13. The number of guanidine groups is 2. The lowest BCUT2D eigenvalue weighted by molar-refractivity contribution is -0.132. The minimum absolute atomic E-state index is 0.159. The van der Waals surface area contributed by atoms with E-state index in [1.807, 2.05) is 92.3 Å². The molecule has 0 saturated carbocycles. The maximum atomic E-state index is 12.8. The summed E-state index contributed by atoms with van der Waals surface area (Å²) in [6, 6.07) is 11.5. The van der Waals surface area contributed by atoms with Crippen molar-refractivity contribution in [2.45, 2.75) is 53.4 Å². The van der Waals surface area contributed by atoms with Gasteiger partial charge >= 0.3 is 0 Å². The summed E-state index contributed by atoms with van der Waals surface area (Å²) in [5.41, 5.74) is 4.85. The van der Waals surface area contributed by atoms with E-state index in [-0.39, 0.29) is 23.6 Å². The van der Waals surface area contributed by atoms with Crippen LogP contribution in [0.1, 0.15) is 50.7 Å². The van der Waals surface area contributed by atoms with Crippen LogP contribution in [0.15, 0.2) is 46.4 Å². The van der Waals surface area contributed by atoms with Gasteiger partial charge in [-0.2, -0.15) is 10.0 Å². The summed E-state index contributed by atoms with van der Waals surface area (Å²) in [5.74, 6) is -0.955. The molecule has 12 heteroatoms. The van der Waals surface area contributed by atoms with Crippen LogP contribution in [0.4, 0.5) is 22.7 Å². The Hall–Kier alpha value is -4.74. The van der Waals surface area contributed by atoms with Crippen LogP contribution in [0.2, 0.25) is 0 Å². The van der Waals surface area contributed by atoms with Crippen molar-refractivity contribution in [3.63, 3.8) is 0 Å². The van der Waals surface area contributed by atoms with Crippen LogP contribution >= 0.6 is 0 Å². The third-order valence-corrected chi connectivity index (χ3v) is 7.92. The lowest BCUT2D eigenvalue weighted by Crippen LogP contribution is -2.52. The molecule has 0 spiro atoms. The fourth-order valence-corrected chi connectivity index (χ4v) is 5.78. The normalized spacial score (nSPS) is 20.0. The molecule has 232 valence electrons. The number of hydrogen-bond acceptors (Lipinski definition) is 8. The lowest BCUT2D eigenvalue weighted by atomic mass is 10.0. The van der Waals surface area contributed by atoms with Gasteiger partial charge in [0.25, 0.3) is 23.6 Å². The molecule has 0 aliphatic carbocycles. The van der Waals surface area contributed by atoms with E-state index in [9.17, 15) is 19.2 Å². The second kappa shape index (κ2) is 11.7. The summed E-state index contributed by atoms with van der Waals surface area (Å²) in [4.78, 5) is 63.6. The Morgan fingerprint density at radius 1 is 0.591 bits per heavy atom. The summed E-state index contributed by atoms with van der Waals surface area (Å²) in [7, 11) is 7.28. The molecule has 12 nitrogen and oxygen atoms in total. The quantitative estimate of drug-likeness (QED) is 0.488. The van der Waals surface area contributed by atoms with E-state index in [0.29, 0.717) is 47.5 Å². The van der Waals surface area contributed by atoms with Crippen molar-refractivity contribution >= 4 is 58.3 Å². The van der Waals surface area contributed by atoms with Gasteiger partial charge in [0.15, 0.2) is 0 Å². The van der Waals surface area contributed by atoms with Gasteiger partial charge in [-0.3, -0.25) is 19.2 Å². The summed E-state index contributed by atoms with van der Waals surface area (Å²) in [5, 5.41) is 5.83. The average Bonchev–Trinajstić information content (AvgIpc) is 3.38. The first kappa shape index (κ1) is 30.7. The van der Waals surface area contributed by atoms with Gasteiger partial charge in [0.05, 0.1) is 22.7 Å². The van der Waals surface area contributed by atoms with Crippen LogP contribution in [0, 0.1) is 25.7 Å². The lowest BCUT2D eigenvalue weighted by Gasteiger charge is -2.35. The second-order valence-electron chi connectivity index (χ2n) is 11.9. The number of anilines is 2. The first-order chi connectivity index (χ1) is 20.9. The Balaban J connectivity index is 0.000000175. The van der Waals surface area contributed by atoms with Crippen LogP contribution in [-0.4, -0.2) is 83.6 Å². The maximum absolute atomic E-state index is 12.8. The molecule has 4 aliphatic rings. The summed E-state index contributed by atoms with van der Waals surface area (Å²) in [6.45, 7) is 7.88. The third-order valence-electron chi connectivity index (χ3n) is 7.92. The van der Waals surface area contributed by atoms with E-state index < -0.39 is 11.8 Å². The zero-order chi connectivity index (χ0) is 32.0. The van der Waals surface area contributed by atoms with Crippen molar-refractivity contribution < 1.29 is 19.2 Å². The van der Waals surface area contributed by atoms with Gasteiger partial charge in [-0.05, 0) is 62.1 Å². The Morgan fingerprint density at radius 3 is 1.25 bits per heavy atom. The largest absolute Gasteiger partial charge is 0.347 e. The van der Waals surface area contributed by atoms with Gasteiger partial charge in [0.2, 0.25) is 11.9 Å². The summed E-state index contributed by atoms with van der Waals surface area (Å²) < 4.78 is 0. The van der Waals surface area contributed by atoms with Gasteiger partial charge in [0.1, 0.15) is 11.8 Å². The number of carbonyl (C=O) groups is 4. The molecular weight excluding hydrogens is 560 g/mol. The zero-order valence-electron chi connectivity index (χ0n) is 26.7. The van der Waals surface area contributed by atoms with E-state index in [1.165, 1.54) is 20.0 Å². The fourth-order valence-electron chi connectivity index (χ4n) is 5.78. The van der Waals surface area contributed by atoms with Crippen molar-refractivity contribution in [2.24, 2.45) is 21.8 Å². The number of hydrogen-bond donors (Lipinski definition) is 0. The molecule has 6 rings (SSSR count). The molecule has 0 bridgehead atoms. The first-order valence-electron chi connectivity index (χ1n) is 15.0. The molecule has 2 saturated heterocycles. The summed E-state index contributed by atoms with van der Waals surface area (Å²) in [6.07, 6.45) is 2.71. The highest BCUT2D eigenvalue weighted by molar-refractivity contribution is 6.23.